The molecule has 0 spiro atoms. The number of aromatic nitrogens is 2. The van der Waals surface area contributed by atoms with Crippen molar-refractivity contribution in [2.75, 3.05) is 5.32 Å². The molecule has 2 aromatic carbocycles. The second-order valence-electron chi connectivity index (χ2n) is 7.09. The zero-order chi connectivity index (χ0) is 22.0. The highest BCUT2D eigenvalue weighted by atomic mass is 35.5. The van der Waals surface area contributed by atoms with Gasteiger partial charge in [-0.2, -0.15) is 5.10 Å². The Kier molecular flexibility index (Phi) is 6.07. The molecular weight excluding hydrogens is 408 g/mol. The number of rotatable bonds is 6. The van der Waals surface area contributed by atoms with Crippen LogP contribution in [0, 0.1) is 37.8 Å². The number of hydrogen-bond acceptors (Lipinski definition) is 5. The third kappa shape index (κ3) is 4.96. The van der Waals surface area contributed by atoms with Crippen LogP contribution in [0.1, 0.15) is 22.4 Å². The van der Waals surface area contributed by atoms with Crippen LogP contribution in [0.2, 0.25) is 5.02 Å². The average molecular weight is 429 g/mol. The summed E-state index contributed by atoms with van der Waals surface area (Å²) in [6.07, 6.45) is 1.54. The number of ether oxygens (including phenoxy) is 1. The minimum Gasteiger partial charge on any atom is -0.457 e. The van der Waals surface area contributed by atoms with E-state index in [0.29, 0.717) is 16.5 Å². The summed E-state index contributed by atoms with van der Waals surface area (Å²) in [7, 11) is 0. The van der Waals surface area contributed by atoms with E-state index in [1.807, 2.05) is 32.9 Å². The molecular formula is C21H21ClN4O4. The van der Waals surface area contributed by atoms with E-state index in [9.17, 15) is 14.9 Å². The number of anilines is 1. The number of hydrogen-bond donors (Lipinski definition) is 1. The predicted octanol–water partition coefficient (Wildman–Crippen LogP) is 5.11. The van der Waals surface area contributed by atoms with Crippen LogP contribution in [0.15, 0.2) is 36.5 Å². The second kappa shape index (κ2) is 8.54. The van der Waals surface area contributed by atoms with Crippen molar-refractivity contribution in [3.63, 3.8) is 0 Å². The molecule has 9 heteroatoms. The van der Waals surface area contributed by atoms with Crippen LogP contribution in [-0.2, 0) is 11.3 Å². The van der Waals surface area contributed by atoms with Crippen molar-refractivity contribution in [1.29, 1.82) is 0 Å². The first-order chi connectivity index (χ1) is 14.1. The topological polar surface area (TPSA) is 99.3 Å². The first-order valence-corrected chi connectivity index (χ1v) is 9.55. The molecule has 3 rings (SSSR count). The van der Waals surface area contributed by atoms with E-state index < -0.39 is 10.8 Å². The highest BCUT2D eigenvalue weighted by Crippen LogP contribution is 2.33. The lowest BCUT2D eigenvalue weighted by molar-refractivity contribution is -0.384. The summed E-state index contributed by atoms with van der Waals surface area (Å²) in [6, 6.07) is 8.04. The van der Waals surface area contributed by atoms with Gasteiger partial charge in [0.1, 0.15) is 18.0 Å². The molecule has 0 atom stereocenters. The summed E-state index contributed by atoms with van der Waals surface area (Å²) in [4.78, 5) is 23.2. The van der Waals surface area contributed by atoms with Gasteiger partial charge in [-0.15, -0.1) is 0 Å². The zero-order valence-corrected chi connectivity index (χ0v) is 17.8. The number of halogens is 1. The highest BCUT2D eigenvalue weighted by molar-refractivity contribution is 6.31. The number of benzene rings is 2. The fraction of sp³-hybridized carbons (Fsp3) is 0.238. The molecule has 0 bridgehead atoms. The average Bonchev–Trinajstić information content (AvgIpc) is 2.95. The lowest BCUT2D eigenvalue weighted by Crippen LogP contribution is -2.19. The van der Waals surface area contributed by atoms with Gasteiger partial charge in [0.05, 0.1) is 27.4 Å². The van der Waals surface area contributed by atoms with E-state index in [1.54, 1.807) is 19.2 Å². The highest BCUT2D eigenvalue weighted by Gasteiger charge is 2.15. The molecule has 0 aliphatic carbocycles. The maximum atomic E-state index is 12.4. The Morgan fingerprint density at radius 3 is 2.57 bits per heavy atom. The van der Waals surface area contributed by atoms with Crippen LogP contribution in [0.3, 0.4) is 0 Å². The summed E-state index contributed by atoms with van der Waals surface area (Å²) in [5.41, 5.74) is 3.67. The number of nitrogens with one attached hydrogen (secondary N) is 1. The zero-order valence-electron chi connectivity index (χ0n) is 17.0. The molecule has 1 amide bonds. The van der Waals surface area contributed by atoms with Crippen LogP contribution >= 0.6 is 11.6 Å². The Labute approximate surface area is 178 Å². The van der Waals surface area contributed by atoms with Gasteiger partial charge in [0.2, 0.25) is 5.91 Å². The summed E-state index contributed by atoms with van der Waals surface area (Å²) in [5.74, 6) is 0.459. The van der Waals surface area contributed by atoms with Crippen LogP contribution in [0.5, 0.6) is 11.5 Å². The molecule has 0 fully saturated rings. The molecule has 8 nitrogen and oxygen atoms in total. The van der Waals surface area contributed by atoms with Crippen molar-refractivity contribution in [3.05, 3.63) is 74.0 Å². The molecule has 1 N–H and O–H groups in total. The quantitative estimate of drug-likeness (QED) is 0.434. The smallest absolute Gasteiger partial charge is 0.275 e. The number of amides is 1. The summed E-state index contributed by atoms with van der Waals surface area (Å²) in [5, 5.41) is 18.6. The van der Waals surface area contributed by atoms with Gasteiger partial charge < -0.3 is 10.1 Å². The number of carbonyl (C=O) groups is 1. The van der Waals surface area contributed by atoms with Gasteiger partial charge >= 0.3 is 0 Å². The Balaban J connectivity index is 1.86. The molecule has 0 unspecified atom stereocenters. The predicted molar refractivity (Wildman–Crippen MR) is 114 cm³/mol. The van der Waals surface area contributed by atoms with Gasteiger partial charge in [-0.3, -0.25) is 19.6 Å². The largest absolute Gasteiger partial charge is 0.457 e. The van der Waals surface area contributed by atoms with Crippen LogP contribution in [0.25, 0.3) is 0 Å². The fourth-order valence-corrected chi connectivity index (χ4v) is 3.13. The lowest BCUT2D eigenvalue weighted by atomic mass is 10.1. The number of nitro benzene ring substituents is 1. The first kappa shape index (κ1) is 21.3. The molecule has 3 aromatic rings. The van der Waals surface area contributed by atoms with E-state index in [4.69, 9.17) is 16.3 Å². The standard InChI is InChI=1S/C21H21ClN4O4/c1-12-5-13(2)14(3)20(6-12)30-18-8-16(7-17(9-18)26(28)29)23-21(27)11-25-10-19(22)15(4)24-25/h5-10H,11H2,1-4H3,(H,23,27). The Hall–Kier alpha value is -3.39. The van der Waals surface area contributed by atoms with E-state index >= 15 is 0 Å². The van der Waals surface area contributed by atoms with Crippen molar-refractivity contribution >= 4 is 28.9 Å². The third-order valence-electron chi connectivity index (χ3n) is 4.57. The Morgan fingerprint density at radius 1 is 1.20 bits per heavy atom. The molecule has 0 radical (unpaired) electrons. The van der Waals surface area contributed by atoms with Gasteiger partial charge in [0.15, 0.2) is 0 Å². The van der Waals surface area contributed by atoms with Gasteiger partial charge in [-0.05, 0) is 50.5 Å². The van der Waals surface area contributed by atoms with Crippen molar-refractivity contribution in [2.45, 2.75) is 34.2 Å². The molecule has 0 aliphatic heterocycles. The maximum Gasteiger partial charge on any atom is 0.275 e. The van der Waals surface area contributed by atoms with Gasteiger partial charge in [-0.25, -0.2) is 0 Å². The van der Waals surface area contributed by atoms with Crippen LogP contribution in [-0.4, -0.2) is 20.6 Å². The summed E-state index contributed by atoms with van der Waals surface area (Å²) < 4.78 is 7.33. The Bertz CT molecular complexity index is 1120. The summed E-state index contributed by atoms with van der Waals surface area (Å²) >= 11 is 5.95. The van der Waals surface area contributed by atoms with Crippen molar-refractivity contribution in [2.24, 2.45) is 0 Å². The van der Waals surface area contributed by atoms with E-state index in [0.717, 1.165) is 16.7 Å². The van der Waals surface area contributed by atoms with Crippen molar-refractivity contribution < 1.29 is 14.5 Å². The molecule has 156 valence electrons. The van der Waals surface area contributed by atoms with Crippen molar-refractivity contribution in [3.8, 4) is 11.5 Å². The number of nitro groups is 1. The number of non-ortho nitro benzene ring substituents is 1. The van der Waals surface area contributed by atoms with E-state index in [2.05, 4.69) is 10.4 Å². The first-order valence-electron chi connectivity index (χ1n) is 9.17. The van der Waals surface area contributed by atoms with E-state index in [-0.39, 0.29) is 23.7 Å². The molecule has 1 aromatic heterocycles. The minimum absolute atomic E-state index is 0.0807. The second-order valence-corrected chi connectivity index (χ2v) is 7.50. The Morgan fingerprint density at radius 2 is 1.93 bits per heavy atom. The fourth-order valence-electron chi connectivity index (χ4n) is 2.98. The third-order valence-corrected chi connectivity index (χ3v) is 4.94. The van der Waals surface area contributed by atoms with Crippen molar-refractivity contribution in [1.82, 2.24) is 9.78 Å². The molecule has 30 heavy (non-hydrogen) atoms. The molecule has 0 saturated heterocycles. The molecule has 1 heterocycles. The maximum absolute atomic E-state index is 12.4. The van der Waals surface area contributed by atoms with Gasteiger partial charge in [0, 0.05) is 18.3 Å². The normalized spacial score (nSPS) is 10.7. The number of aryl methyl sites for hydroxylation is 3. The van der Waals surface area contributed by atoms with Crippen LogP contribution in [0.4, 0.5) is 11.4 Å². The van der Waals surface area contributed by atoms with Gasteiger partial charge in [0.25, 0.3) is 5.69 Å². The van der Waals surface area contributed by atoms with E-state index in [1.165, 1.54) is 16.8 Å². The molecule has 0 aliphatic rings. The SMILES string of the molecule is Cc1cc(C)c(C)c(Oc2cc(NC(=O)Cn3cc(Cl)c(C)n3)cc([N+](=O)[O-])c2)c1. The lowest BCUT2D eigenvalue weighted by Gasteiger charge is -2.13. The number of nitrogens with zero attached hydrogens (tertiary/aromatic N) is 3. The monoisotopic (exact) mass is 428 g/mol. The summed E-state index contributed by atoms with van der Waals surface area (Å²) in [6.45, 7) is 7.49. The minimum atomic E-state index is -0.534. The van der Waals surface area contributed by atoms with Crippen LogP contribution < -0.4 is 10.1 Å². The number of carbonyl (C=O) groups excluding carboxylic acids is 1. The van der Waals surface area contributed by atoms with Gasteiger partial charge in [-0.1, -0.05) is 17.7 Å². The molecule has 0 saturated carbocycles.